The predicted octanol–water partition coefficient (Wildman–Crippen LogP) is 2.88. The van der Waals surface area contributed by atoms with Gasteiger partial charge in [0.2, 0.25) is 0 Å². The third-order valence-corrected chi connectivity index (χ3v) is 4.11. The van der Waals surface area contributed by atoms with E-state index in [-0.39, 0.29) is 0 Å². The van der Waals surface area contributed by atoms with Gasteiger partial charge in [-0.1, -0.05) is 19.3 Å². The topological polar surface area (TPSA) is 28.4 Å². The first-order chi connectivity index (χ1) is 8.79. The molecule has 0 saturated heterocycles. The first-order valence-corrected chi connectivity index (χ1v) is 7.16. The van der Waals surface area contributed by atoms with Crippen LogP contribution in [0, 0.1) is 5.92 Å². The van der Waals surface area contributed by atoms with Crippen LogP contribution >= 0.6 is 0 Å². The molecule has 1 aliphatic carbocycles. The lowest BCUT2D eigenvalue weighted by Crippen LogP contribution is -2.39. The summed E-state index contributed by atoms with van der Waals surface area (Å²) in [7, 11) is 4.32. The zero-order valence-corrected chi connectivity index (χ0v) is 11.7. The van der Waals surface area contributed by atoms with Gasteiger partial charge in [-0.05, 0) is 38.9 Å². The minimum absolute atomic E-state index is 0.694. The minimum Gasteiger partial charge on any atom is -0.472 e. The molecular weight excluding hydrogens is 224 g/mol. The summed E-state index contributed by atoms with van der Waals surface area (Å²) in [5.41, 5.74) is 1.27. The fourth-order valence-corrected chi connectivity index (χ4v) is 3.14. The fraction of sp³-hybridized carbons (Fsp3) is 0.733. The van der Waals surface area contributed by atoms with Crippen LogP contribution in [0.25, 0.3) is 0 Å². The van der Waals surface area contributed by atoms with Crippen LogP contribution in [-0.2, 0) is 6.54 Å². The highest BCUT2D eigenvalue weighted by Gasteiger charge is 2.23. The van der Waals surface area contributed by atoms with Gasteiger partial charge in [-0.15, -0.1) is 0 Å². The van der Waals surface area contributed by atoms with Gasteiger partial charge in [-0.25, -0.2) is 0 Å². The summed E-state index contributed by atoms with van der Waals surface area (Å²) in [6.45, 7) is 2.17. The molecule has 2 unspecified atom stereocenters. The molecule has 1 heterocycles. The monoisotopic (exact) mass is 250 g/mol. The zero-order chi connectivity index (χ0) is 12.8. The summed E-state index contributed by atoms with van der Waals surface area (Å²) < 4.78 is 5.13. The molecule has 1 aromatic rings. The fourth-order valence-electron chi connectivity index (χ4n) is 3.14. The number of hydrogen-bond donors (Lipinski definition) is 1. The molecule has 3 nitrogen and oxygen atoms in total. The van der Waals surface area contributed by atoms with Crippen LogP contribution in [-0.4, -0.2) is 31.6 Å². The third kappa shape index (κ3) is 3.85. The van der Waals surface area contributed by atoms with Crippen LogP contribution in [0.3, 0.4) is 0 Å². The average Bonchev–Trinajstić information content (AvgIpc) is 2.75. The summed E-state index contributed by atoms with van der Waals surface area (Å²) >= 11 is 0. The summed E-state index contributed by atoms with van der Waals surface area (Å²) in [6.07, 6.45) is 10.5. The molecule has 0 aromatic carbocycles. The Morgan fingerprint density at radius 1 is 1.33 bits per heavy atom. The van der Waals surface area contributed by atoms with Crippen LogP contribution < -0.4 is 5.32 Å². The van der Waals surface area contributed by atoms with Crippen molar-refractivity contribution >= 4 is 0 Å². The molecule has 0 spiro atoms. The molecule has 102 valence electrons. The molecule has 1 saturated carbocycles. The van der Waals surface area contributed by atoms with Crippen molar-refractivity contribution < 1.29 is 4.42 Å². The highest BCUT2D eigenvalue weighted by atomic mass is 16.3. The second-order valence-corrected chi connectivity index (χ2v) is 5.62. The summed E-state index contributed by atoms with van der Waals surface area (Å²) in [4.78, 5) is 2.42. The molecular formula is C15H26N2O. The lowest BCUT2D eigenvalue weighted by atomic mass is 9.94. The van der Waals surface area contributed by atoms with Gasteiger partial charge in [0.15, 0.2) is 0 Å². The van der Waals surface area contributed by atoms with Gasteiger partial charge in [0.05, 0.1) is 12.5 Å². The number of hydrogen-bond acceptors (Lipinski definition) is 3. The highest BCUT2D eigenvalue weighted by Crippen LogP contribution is 2.24. The van der Waals surface area contributed by atoms with E-state index < -0.39 is 0 Å². The zero-order valence-electron chi connectivity index (χ0n) is 11.7. The maximum Gasteiger partial charge on any atom is 0.0947 e. The van der Waals surface area contributed by atoms with Crippen LogP contribution in [0.15, 0.2) is 23.0 Å². The van der Waals surface area contributed by atoms with Gasteiger partial charge in [0.25, 0.3) is 0 Å². The quantitative estimate of drug-likeness (QED) is 0.815. The predicted molar refractivity (Wildman–Crippen MR) is 74.5 cm³/mol. The van der Waals surface area contributed by atoms with E-state index in [0.29, 0.717) is 6.04 Å². The van der Waals surface area contributed by atoms with E-state index in [1.54, 1.807) is 6.26 Å². The van der Waals surface area contributed by atoms with Gasteiger partial charge in [-0.2, -0.15) is 0 Å². The molecule has 0 aliphatic heterocycles. The number of nitrogens with one attached hydrogen (secondary N) is 1. The molecule has 1 aromatic heterocycles. The molecule has 2 atom stereocenters. The SMILES string of the molecule is CNC1CCCCCC1CN(C)Cc1ccoc1. The van der Waals surface area contributed by atoms with Crippen molar-refractivity contribution in [3.05, 3.63) is 24.2 Å². The van der Waals surface area contributed by atoms with Crippen molar-refractivity contribution in [3.63, 3.8) is 0 Å². The van der Waals surface area contributed by atoms with Crippen LogP contribution in [0.5, 0.6) is 0 Å². The summed E-state index contributed by atoms with van der Waals surface area (Å²) in [5, 5.41) is 3.51. The Kier molecular flexibility index (Phi) is 5.26. The molecule has 0 amide bonds. The van der Waals surface area contributed by atoms with E-state index in [1.165, 1.54) is 44.2 Å². The number of rotatable bonds is 5. The van der Waals surface area contributed by atoms with Crippen molar-refractivity contribution in [2.45, 2.75) is 44.7 Å². The van der Waals surface area contributed by atoms with E-state index in [2.05, 4.69) is 30.4 Å². The van der Waals surface area contributed by atoms with E-state index in [1.807, 2.05) is 6.26 Å². The Morgan fingerprint density at radius 3 is 2.89 bits per heavy atom. The van der Waals surface area contributed by atoms with Crippen LogP contribution in [0.4, 0.5) is 0 Å². The maximum absolute atomic E-state index is 5.13. The smallest absolute Gasteiger partial charge is 0.0947 e. The van der Waals surface area contributed by atoms with Gasteiger partial charge < -0.3 is 14.6 Å². The molecule has 0 radical (unpaired) electrons. The molecule has 1 aliphatic rings. The molecule has 2 rings (SSSR count). The second kappa shape index (κ2) is 6.95. The van der Waals surface area contributed by atoms with E-state index >= 15 is 0 Å². The van der Waals surface area contributed by atoms with Crippen molar-refractivity contribution in [2.24, 2.45) is 5.92 Å². The lowest BCUT2D eigenvalue weighted by molar-refractivity contribution is 0.223. The maximum atomic E-state index is 5.13. The van der Waals surface area contributed by atoms with Crippen molar-refractivity contribution in [1.29, 1.82) is 0 Å². The molecule has 1 N–H and O–H groups in total. The van der Waals surface area contributed by atoms with E-state index in [4.69, 9.17) is 4.42 Å². The van der Waals surface area contributed by atoms with Gasteiger partial charge >= 0.3 is 0 Å². The van der Waals surface area contributed by atoms with Crippen LogP contribution in [0.1, 0.15) is 37.7 Å². The summed E-state index contributed by atoms with van der Waals surface area (Å²) in [5.74, 6) is 0.786. The standard InChI is InChI=1S/C15H26N2O/c1-16-15-7-5-3-4-6-14(15)11-17(2)10-13-8-9-18-12-13/h8-9,12,14-16H,3-7,10-11H2,1-2H3. The Bertz CT molecular complexity index is 323. The lowest BCUT2D eigenvalue weighted by Gasteiger charge is -2.29. The van der Waals surface area contributed by atoms with Crippen molar-refractivity contribution in [3.8, 4) is 0 Å². The molecule has 3 heteroatoms. The van der Waals surface area contributed by atoms with Crippen molar-refractivity contribution in [1.82, 2.24) is 10.2 Å². The molecule has 18 heavy (non-hydrogen) atoms. The Hall–Kier alpha value is -0.800. The van der Waals surface area contributed by atoms with E-state index in [0.717, 1.165) is 12.5 Å². The number of nitrogens with zero attached hydrogens (tertiary/aromatic N) is 1. The Morgan fingerprint density at radius 2 is 2.17 bits per heavy atom. The first kappa shape index (κ1) is 13.6. The Labute approximate surface area is 111 Å². The number of furan rings is 1. The Balaban J connectivity index is 1.85. The van der Waals surface area contributed by atoms with Crippen LogP contribution in [0.2, 0.25) is 0 Å². The second-order valence-electron chi connectivity index (χ2n) is 5.62. The van der Waals surface area contributed by atoms with Gasteiger partial charge in [0.1, 0.15) is 0 Å². The average molecular weight is 250 g/mol. The van der Waals surface area contributed by atoms with Gasteiger partial charge in [-0.3, -0.25) is 0 Å². The largest absolute Gasteiger partial charge is 0.472 e. The normalized spacial score (nSPS) is 25.3. The van der Waals surface area contributed by atoms with Gasteiger partial charge in [0, 0.05) is 24.7 Å². The molecule has 0 bridgehead atoms. The molecule has 1 fully saturated rings. The van der Waals surface area contributed by atoms with Crippen molar-refractivity contribution in [2.75, 3.05) is 20.6 Å². The minimum atomic E-state index is 0.694. The third-order valence-electron chi connectivity index (χ3n) is 4.11. The summed E-state index contributed by atoms with van der Waals surface area (Å²) in [6, 6.07) is 2.75. The highest BCUT2D eigenvalue weighted by molar-refractivity contribution is 5.04. The van der Waals surface area contributed by atoms with E-state index in [9.17, 15) is 0 Å². The first-order valence-electron chi connectivity index (χ1n) is 7.16.